The minimum Gasteiger partial charge on any atom is -0.496 e. The van der Waals surface area contributed by atoms with E-state index in [1.165, 1.54) is 6.07 Å². The van der Waals surface area contributed by atoms with E-state index < -0.39 is 0 Å². The van der Waals surface area contributed by atoms with Gasteiger partial charge in [0, 0.05) is 16.1 Å². The molecule has 1 atom stereocenters. The van der Waals surface area contributed by atoms with Crippen molar-refractivity contribution in [1.82, 2.24) is 5.32 Å². The number of para-hydroxylation sites is 1. The average molecular weight is 338 g/mol. The third-order valence-corrected chi connectivity index (χ3v) is 4.00. The lowest BCUT2D eigenvalue weighted by Gasteiger charge is -2.20. The number of halogens is 2. The standard InChI is InChI=1S/C16H17BrFNO/c1-19-14(16-12(17)7-5-8-13(16)18)10-11-6-3-4-9-15(11)20-2/h3-9,14,19H,10H2,1-2H3. The molecule has 0 saturated carbocycles. The second-order valence-electron chi connectivity index (χ2n) is 4.49. The molecule has 0 aliphatic carbocycles. The topological polar surface area (TPSA) is 21.3 Å². The Kier molecular flexibility index (Phi) is 5.15. The van der Waals surface area contributed by atoms with Gasteiger partial charge in [-0.05, 0) is 37.2 Å². The van der Waals surface area contributed by atoms with Crippen LogP contribution in [0.15, 0.2) is 46.9 Å². The van der Waals surface area contributed by atoms with E-state index in [9.17, 15) is 4.39 Å². The summed E-state index contributed by atoms with van der Waals surface area (Å²) < 4.78 is 20.2. The van der Waals surface area contributed by atoms with Crippen molar-refractivity contribution < 1.29 is 9.13 Å². The van der Waals surface area contributed by atoms with Crippen molar-refractivity contribution in [1.29, 1.82) is 0 Å². The number of rotatable bonds is 5. The van der Waals surface area contributed by atoms with Gasteiger partial charge in [0.05, 0.1) is 7.11 Å². The number of methoxy groups -OCH3 is 1. The van der Waals surface area contributed by atoms with Gasteiger partial charge in [-0.2, -0.15) is 0 Å². The van der Waals surface area contributed by atoms with Crippen LogP contribution in [-0.2, 0) is 6.42 Å². The summed E-state index contributed by atoms with van der Waals surface area (Å²) in [6.07, 6.45) is 0.653. The van der Waals surface area contributed by atoms with E-state index in [0.29, 0.717) is 12.0 Å². The van der Waals surface area contributed by atoms with Gasteiger partial charge < -0.3 is 10.1 Å². The molecule has 106 valence electrons. The lowest BCUT2D eigenvalue weighted by Crippen LogP contribution is -2.21. The van der Waals surface area contributed by atoms with E-state index in [4.69, 9.17) is 4.74 Å². The number of hydrogen-bond acceptors (Lipinski definition) is 2. The van der Waals surface area contributed by atoms with Gasteiger partial charge in [-0.25, -0.2) is 4.39 Å². The minimum atomic E-state index is -0.214. The summed E-state index contributed by atoms with van der Waals surface area (Å²) in [7, 11) is 3.48. The summed E-state index contributed by atoms with van der Waals surface area (Å²) in [6, 6.07) is 12.7. The fourth-order valence-electron chi connectivity index (χ4n) is 2.28. The third kappa shape index (κ3) is 3.19. The highest BCUT2D eigenvalue weighted by atomic mass is 79.9. The van der Waals surface area contributed by atoms with E-state index in [-0.39, 0.29) is 11.9 Å². The number of hydrogen-bond donors (Lipinski definition) is 1. The Morgan fingerprint density at radius 3 is 2.60 bits per heavy atom. The Balaban J connectivity index is 2.34. The zero-order chi connectivity index (χ0) is 14.5. The Morgan fingerprint density at radius 2 is 1.95 bits per heavy atom. The fourth-order valence-corrected chi connectivity index (χ4v) is 2.90. The molecular formula is C16H17BrFNO. The van der Waals surface area contributed by atoms with E-state index in [1.54, 1.807) is 13.2 Å². The SMILES string of the molecule is CNC(Cc1ccccc1OC)c1c(F)cccc1Br. The van der Waals surface area contributed by atoms with Crippen LogP contribution in [0.3, 0.4) is 0 Å². The van der Waals surface area contributed by atoms with Crippen LogP contribution < -0.4 is 10.1 Å². The molecule has 2 nitrogen and oxygen atoms in total. The summed E-state index contributed by atoms with van der Waals surface area (Å²) in [5.41, 5.74) is 1.69. The van der Waals surface area contributed by atoms with Gasteiger partial charge in [0.25, 0.3) is 0 Å². The van der Waals surface area contributed by atoms with Crippen molar-refractivity contribution >= 4 is 15.9 Å². The van der Waals surface area contributed by atoms with E-state index in [0.717, 1.165) is 15.8 Å². The van der Waals surface area contributed by atoms with Crippen molar-refractivity contribution in [3.05, 3.63) is 63.9 Å². The van der Waals surface area contributed by atoms with Crippen LogP contribution in [-0.4, -0.2) is 14.2 Å². The van der Waals surface area contributed by atoms with Crippen LogP contribution in [0.4, 0.5) is 4.39 Å². The molecule has 0 radical (unpaired) electrons. The predicted molar refractivity (Wildman–Crippen MR) is 82.6 cm³/mol. The van der Waals surface area contributed by atoms with Crippen LogP contribution in [0.5, 0.6) is 5.75 Å². The number of nitrogens with one attached hydrogen (secondary N) is 1. The molecule has 0 fully saturated rings. The van der Waals surface area contributed by atoms with E-state index in [1.807, 2.05) is 37.4 Å². The van der Waals surface area contributed by atoms with Crippen LogP contribution in [0, 0.1) is 5.82 Å². The van der Waals surface area contributed by atoms with Gasteiger partial charge in [0.15, 0.2) is 0 Å². The molecule has 20 heavy (non-hydrogen) atoms. The molecule has 0 aliphatic heterocycles. The third-order valence-electron chi connectivity index (χ3n) is 3.31. The molecule has 4 heteroatoms. The Morgan fingerprint density at radius 1 is 1.20 bits per heavy atom. The van der Waals surface area contributed by atoms with Gasteiger partial charge in [-0.15, -0.1) is 0 Å². The van der Waals surface area contributed by atoms with E-state index >= 15 is 0 Å². The summed E-state index contributed by atoms with van der Waals surface area (Å²) in [6.45, 7) is 0. The smallest absolute Gasteiger partial charge is 0.129 e. The highest BCUT2D eigenvalue weighted by Crippen LogP contribution is 2.30. The molecule has 2 rings (SSSR count). The second kappa shape index (κ2) is 6.86. The van der Waals surface area contributed by atoms with Crippen molar-refractivity contribution in [2.24, 2.45) is 0 Å². The van der Waals surface area contributed by atoms with Crippen molar-refractivity contribution in [3.8, 4) is 5.75 Å². The van der Waals surface area contributed by atoms with Crippen molar-refractivity contribution in [2.75, 3.05) is 14.2 Å². The van der Waals surface area contributed by atoms with Gasteiger partial charge in [-0.3, -0.25) is 0 Å². The molecule has 0 saturated heterocycles. The lowest BCUT2D eigenvalue weighted by atomic mass is 9.98. The first-order chi connectivity index (χ1) is 9.67. The van der Waals surface area contributed by atoms with Gasteiger partial charge in [-0.1, -0.05) is 40.2 Å². The highest BCUT2D eigenvalue weighted by Gasteiger charge is 2.19. The molecule has 0 bridgehead atoms. The Bertz CT molecular complexity index is 568. The average Bonchev–Trinajstić information content (AvgIpc) is 2.46. The monoisotopic (exact) mass is 337 g/mol. The first kappa shape index (κ1) is 15.0. The van der Waals surface area contributed by atoms with Gasteiger partial charge >= 0.3 is 0 Å². The maximum atomic E-state index is 14.1. The molecule has 1 N–H and O–H groups in total. The lowest BCUT2D eigenvalue weighted by molar-refractivity contribution is 0.405. The Labute approximate surface area is 127 Å². The Hall–Kier alpha value is -1.39. The second-order valence-corrected chi connectivity index (χ2v) is 5.35. The van der Waals surface area contributed by atoms with Gasteiger partial charge in [0.2, 0.25) is 0 Å². The summed E-state index contributed by atoms with van der Waals surface area (Å²) in [4.78, 5) is 0. The van der Waals surface area contributed by atoms with Crippen LogP contribution in [0.25, 0.3) is 0 Å². The van der Waals surface area contributed by atoms with Gasteiger partial charge in [0.1, 0.15) is 11.6 Å². The molecule has 2 aromatic rings. The molecule has 1 unspecified atom stereocenters. The van der Waals surface area contributed by atoms with Crippen LogP contribution in [0.1, 0.15) is 17.2 Å². The maximum absolute atomic E-state index is 14.1. The molecule has 0 amide bonds. The first-order valence-electron chi connectivity index (χ1n) is 6.40. The number of ether oxygens (including phenoxy) is 1. The number of benzene rings is 2. The summed E-state index contributed by atoms with van der Waals surface area (Å²) >= 11 is 3.43. The van der Waals surface area contributed by atoms with E-state index in [2.05, 4.69) is 21.2 Å². The molecule has 0 spiro atoms. The maximum Gasteiger partial charge on any atom is 0.129 e. The summed E-state index contributed by atoms with van der Waals surface area (Å²) in [5, 5.41) is 3.17. The molecule has 0 aliphatic rings. The highest BCUT2D eigenvalue weighted by molar-refractivity contribution is 9.10. The first-order valence-corrected chi connectivity index (χ1v) is 7.19. The molecular weight excluding hydrogens is 321 g/mol. The quantitative estimate of drug-likeness (QED) is 0.886. The largest absolute Gasteiger partial charge is 0.496 e. The normalized spacial score (nSPS) is 12.2. The zero-order valence-corrected chi connectivity index (χ0v) is 13.1. The summed E-state index contributed by atoms with van der Waals surface area (Å²) in [5.74, 6) is 0.605. The van der Waals surface area contributed by atoms with Crippen LogP contribution in [0.2, 0.25) is 0 Å². The fraction of sp³-hybridized carbons (Fsp3) is 0.250. The minimum absolute atomic E-state index is 0.123. The zero-order valence-electron chi connectivity index (χ0n) is 11.5. The molecule has 0 aromatic heterocycles. The molecule has 2 aromatic carbocycles. The predicted octanol–water partition coefficient (Wildman–Crippen LogP) is 4.10. The van der Waals surface area contributed by atoms with Crippen molar-refractivity contribution in [3.63, 3.8) is 0 Å². The van der Waals surface area contributed by atoms with Crippen LogP contribution >= 0.6 is 15.9 Å². The van der Waals surface area contributed by atoms with Crippen molar-refractivity contribution in [2.45, 2.75) is 12.5 Å². The molecule has 0 heterocycles. The number of likely N-dealkylation sites (N-methyl/N-ethyl adjacent to an activating group) is 1.